The van der Waals surface area contributed by atoms with Crippen molar-refractivity contribution in [2.75, 3.05) is 11.0 Å². The van der Waals surface area contributed by atoms with E-state index in [4.69, 9.17) is 0 Å². The van der Waals surface area contributed by atoms with Gasteiger partial charge in [-0.25, -0.2) is 0 Å². The number of hydrogen-bond donors (Lipinski definition) is 2. The van der Waals surface area contributed by atoms with Crippen LogP contribution in [0, 0.1) is 5.92 Å². The molecule has 4 rings (SSSR count). The minimum Gasteiger partial charge on any atom is -0.344 e. The number of aromatic nitrogens is 1. The van der Waals surface area contributed by atoms with Crippen LogP contribution >= 0.6 is 23.9 Å². The van der Waals surface area contributed by atoms with Gasteiger partial charge in [0, 0.05) is 51.1 Å². The van der Waals surface area contributed by atoms with Gasteiger partial charge in [0.2, 0.25) is 0 Å². The zero-order valence-corrected chi connectivity index (χ0v) is 20.5. The Balaban J connectivity index is 1.69. The summed E-state index contributed by atoms with van der Waals surface area (Å²) in [6.45, 7) is 8.69. The van der Waals surface area contributed by atoms with E-state index in [0.29, 0.717) is 6.04 Å². The molecule has 0 saturated heterocycles. The summed E-state index contributed by atoms with van der Waals surface area (Å²) in [5.74, 6) is 0.832. The summed E-state index contributed by atoms with van der Waals surface area (Å²) in [5.41, 5.74) is 3.72. The third-order valence-corrected chi connectivity index (χ3v) is 7.26. The molecule has 1 aliphatic rings. The molecule has 164 valence electrons. The predicted molar refractivity (Wildman–Crippen MR) is 135 cm³/mol. The largest absolute Gasteiger partial charge is 0.344 e. The Labute approximate surface area is 193 Å². The molecule has 0 spiro atoms. The first-order chi connectivity index (χ1) is 14.7. The Hall–Kier alpha value is -1.89. The van der Waals surface area contributed by atoms with Gasteiger partial charge in [0.15, 0.2) is 5.78 Å². The van der Waals surface area contributed by atoms with Crippen LogP contribution in [0.25, 0.3) is 10.9 Å². The van der Waals surface area contributed by atoms with Crippen molar-refractivity contribution in [1.29, 1.82) is 0 Å². The monoisotopic (exact) mass is 453 g/mol. The van der Waals surface area contributed by atoms with Crippen LogP contribution in [-0.4, -0.2) is 22.1 Å². The standard InChI is InChI=1S/C25H31N3OS2/c1-16-11-19(12-16)28-15-22(21-10-9-18(26-30-5)14-23(21)28)24(29)17-7-6-8-20(13-17)31-27-25(2,3)4/h6-10,13-16,19,26-27H,11-12H2,1-5H3. The first-order valence-corrected chi connectivity index (χ1v) is 12.8. The number of anilines is 1. The van der Waals surface area contributed by atoms with Crippen LogP contribution in [0.1, 0.15) is 62.5 Å². The summed E-state index contributed by atoms with van der Waals surface area (Å²) in [6.07, 6.45) is 6.44. The van der Waals surface area contributed by atoms with Crippen molar-refractivity contribution in [2.45, 2.75) is 57.0 Å². The van der Waals surface area contributed by atoms with E-state index < -0.39 is 0 Å². The maximum atomic E-state index is 13.6. The lowest BCUT2D eigenvalue weighted by Gasteiger charge is -2.34. The second-order valence-electron chi connectivity index (χ2n) is 9.53. The highest BCUT2D eigenvalue weighted by Crippen LogP contribution is 2.41. The highest BCUT2D eigenvalue weighted by atomic mass is 32.2. The number of hydrogen-bond acceptors (Lipinski definition) is 5. The third kappa shape index (κ3) is 4.97. The highest BCUT2D eigenvalue weighted by Gasteiger charge is 2.29. The molecule has 1 saturated carbocycles. The molecular weight excluding hydrogens is 422 g/mol. The zero-order valence-electron chi connectivity index (χ0n) is 18.9. The highest BCUT2D eigenvalue weighted by molar-refractivity contribution is 7.99. The van der Waals surface area contributed by atoms with Crippen molar-refractivity contribution in [3.63, 3.8) is 0 Å². The zero-order chi connectivity index (χ0) is 22.2. The Morgan fingerprint density at radius 1 is 1.13 bits per heavy atom. The predicted octanol–water partition coefficient (Wildman–Crippen LogP) is 6.93. The van der Waals surface area contributed by atoms with E-state index in [1.54, 1.807) is 23.9 Å². The van der Waals surface area contributed by atoms with Gasteiger partial charge < -0.3 is 9.29 Å². The normalized spacial score (nSPS) is 18.7. The van der Waals surface area contributed by atoms with Gasteiger partial charge in [-0.1, -0.05) is 37.1 Å². The van der Waals surface area contributed by atoms with Crippen molar-refractivity contribution >= 4 is 46.3 Å². The van der Waals surface area contributed by atoms with Crippen molar-refractivity contribution in [3.8, 4) is 0 Å². The maximum Gasteiger partial charge on any atom is 0.195 e. The SMILES string of the molecule is CSNc1ccc2c(C(=O)c3cccc(SNC(C)(C)C)c3)cn(C3CC(C)C3)c2c1. The van der Waals surface area contributed by atoms with Crippen molar-refractivity contribution in [2.24, 2.45) is 5.92 Å². The van der Waals surface area contributed by atoms with Gasteiger partial charge in [-0.3, -0.25) is 9.52 Å². The molecule has 0 amide bonds. The lowest BCUT2D eigenvalue weighted by molar-refractivity contribution is 0.103. The van der Waals surface area contributed by atoms with Crippen LogP contribution in [0.3, 0.4) is 0 Å². The van der Waals surface area contributed by atoms with Gasteiger partial charge >= 0.3 is 0 Å². The molecule has 0 aliphatic heterocycles. The van der Waals surface area contributed by atoms with Crippen molar-refractivity contribution in [3.05, 3.63) is 59.8 Å². The number of fused-ring (bicyclic) bond motifs is 1. The fraction of sp³-hybridized carbons (Fsp3) is 0.400. The van der Waals surface area contributed by atoms with E-state index in [2.05, 4.69) is 66.1 Å². The molecule has 0 radical (unpaired) electrons. The molecule has 1 aliphatic carbocycles. The van der Waals surface area contributed by atoms with E-state index in [0.717, 1.165) is 38.5 Å². The van der Waals surface area contributed by atoms with E-state index in [-0.39, 0.29) is 11.3 Å². The Morgan fingerprint density at radius 3 is 2.58 bits per heavy atom. The smallest absolute Gasteiger partial charge is 0.195 e. The molecule has 31 heavy (non-hydrogen) atoms. The van der Waals surface area contributed by atoms with Crippen LogP contribution < -0.4 is 9.44 Å². The summed E-state index contributed by atoms with van der Waals surface area (Å²) >= 11 is 3.15. The maximum absolute atomic E-state index is 13.6. The number of ketones is 1. The number of nitrogens with zero attached hydrogens (tertiary/aromatic N) is 1. The Morgan fingerprint density at radius 2 is 1.90 bits per heavy atom. The molecule has 2 N–H and O–H groups in total. The van der Waals surface area contributed by atoms with Gasteiger partial charge in [-0.05, 0) is 75.7 Å². The molecule has 4 nitrogen and oxygen atoms in total. The number of nitrogens with one attached hydrogen (secondary N) is 2. The fourth-order valence-corrected chi connectivity index (χ4v) is 5.19. The van der Waals surface area contributed by atoms with Crippen LogP contribution in [0.2, 0.25) is 0 Å². The Bertz CT molecular complexity index is 1090. The lowest BCUT2D eigenvalue weighted by atomic mass is 9.81. The van der Waals surface area contributed by atoms with E-state index in [1.807, 2.05) is 30.5 Å². The fourth-order valence-electron chi connectivity index (χ4n) is 4.07. The molecule has 0 atom stereocenters. The van der Waals surface area contributed by atoms with Crippen molar-refractivity contribution < 1.29 is 4.79 Å². The first kappa shape index (κ1) is 22.3. The van der Waals surface area contributed by atoms with E-state index in [9.17, 15) is 4.79 Å². The molecule has 1 fully saturated rings. The molecule has 3 aromatic rings. The van der Waals surface area contributed by atoms with Crippen LogP contribution in [0.4, 0.5) is 5.69 Å². The quantitative estimate of drug-likeness (QED) is 0.300. The Kier molecular flexibility index (Phi) is 6.42. The first-order valence-electron chi connectivity index (χ1n) is 10.8. The number of carbonyl (C=O) groups is 1. The molecule has 2 aromatic carbocycles. The van der Waals surface area contributed by atoms with Gasteiger partial charge in [0.1, 0.15) is 0 Å². The topological polar surface area (TPSA) is 46.1 Å². The average Bonchev–Trinajstić information content (AvgIpc) is 3.08. The summed E-state index contributed by atoms with van der Waals surface area (Å²) in [5, 5.41) is 1.03. The van der Waals surface area contributed by atoms with Gasteiger partial charge in [-0.2, -0.15) is 0 Å². The number of rotatable bonds is 7. The summed E-state index contributed by atoms with van der Waals surface area (Å²) < 4.78 is 9.07. The van der Waals surface area contributed by atoms with Crippen LogP contribution in [-0.2, 0) is 0 Å². The molecular formula is C25H31N3OS2. The molecule has 6 heteroatoms. The van der Waals surface area contributed by atoms with Gasteiger partial charge in [-0.15, -0.1) is 0 Å². The second kappa shape index (κ2) is 8.93. The minimum absolute atomic E-state index is 0.000526. The third-order valence-electron chi connectivity index (χ3n) is 5.61. The molecule has 0 unspecified atom stereocenters. The van der Waals surface area contributed by atoms with Crippen LogP contribution in [0.5, 0.6) is 0 Å². The number of benzene rings is 2. The number of carbonyl (C=O) groups excluding carboxylic acids is 1. The molecule has 0 bridgehead atoms. The van der Waals surface area contributed by atoms with Gasteiger partial charge in [0.05, 0.1) is 5.52 Å². The summed E-state index contributed by atoms with van der Waals surface area (Å²) in [7, 11) is 0. The second-order valence-corrected chi connectivity index (χ2v) is 11.0. The van der Waals surface area contributed by atoms with E-state index in [1.165, 1.54) is 12.8 Å². The van der Waals surface area contributed by atoms with Crippen LogP contribution in [0.15, 0.2) is 53.6 Å². The minimum atomic E-state index is 0.000526. The average molecular weight is 454 g/mol. The summed E-state index contributed by atoms with van der Waals surface area (Å²) in [4.78, 5) is 14.6. The molecule has 1 aromatic heterocycles. The molecule has 1 heterocycles. The van der Waals surface area contributed by atoms with Crippen molar-refractivity contribution in [1.82, 2.24) is 9.29 Å². The van der Waals surface area contributed by atoms with E-state index >= 15 is 0 Å². The van der Waals surface area contributed by atoms with Gasteiger partial charge in [0.25, 0.3) is 0 Å². The lowest BCUT2D eigenvalue weighted by Crippen LogP contribution is -2.29. The summed E-state index contributed by atoms with van der Waals surface area (Å²) in [6, 6.07) is 14.7.